The number of aliphatic hydroxyl groups is 1. The topological polar surface area (TPSA) is 29.5 Å². The van der Waals surface area contributed by atoms with Gasteiger partial charge in [0.1, 0.15) is 0 Å². The molecule has 0 radical (unpaired) electrons. The third-order valence-electron chi connectivity index (χ3n) is 4.12. The highest BCUT2D eigenvalue weighted by Crippen LogP contribution is 2.36. The molecule has 17 heavy (non-hydrogen) atoms. The zero-order valence-electron chi connectivity index (χ0n) is 12.0. The SMILES string of the molecule is CC(C)(C)[Si](C)(C)OCCC1=CCCC(O)C1. The highest BCUT2D eigenvalue weighted by molar-refractivity contribution is 6.74. The van der Waals surface area contributed by atoms with Crippen molar-refractivity contribution in [3.8, 4) is 0 Å². The van der Waals surface area contributed by atoms with Gasteiger partial charge in [0.2, 0.25) is 0 Å². The van der Waals surface area contributed by atoms with Crippen molar-refractivity contribution in [2.24, 2.45) is 0 Å². The van der Waals surface area contributed by atoms with Crippen LogP contribution in [0.1, 0.15) is 46.5 Å². The van der Waals surface area contributed by atoms with Crippen LogP contribution in [0.15, 0.2) is 11.6 Å². The summed E-state index contributed by atoms with van der Waals surface area (Å²) in [5, 5.41) is 9.88. The molecule has 0 aromatic carbocycles. The fraction of sp³-hybridized carbons (Fsp3) is 0.857. The van der Waals surface area contributed by atoms with Gasteiger partial charge in [-0.25, -0.2) is 0 Å². The predicted octanol–water partition coefficient (Wildman–Crippen LogP) is 3.87. The van der Waals surface area contributed by atoms with E-state index in [1.807, 2.05) is 0 Å². The minimum Gasteiger partial charge on any atom is -0.417 e. The van der Waals surface area contributed by atoms with Crippen LogP contribution in [0.2, 0.25) is 18.1 Å². The summed E-state index contributed by atoms with van der Waals surface area (Å²) in [6.07, 6.45) is 5.94. The van der Waals surface area contributed by atoms with E-state index in [1.54, 1.807) is 0 Å². The first kappa shape index (κ1) is 14.9. The summed E-state index contributed by atoms with van der Waals surface area (Å²) in [4.78, 5) is 0. The maximum Gasteiger partial charge on any atom is 0.191 e. The van der Waals surface area contributed by atoms with Gasteiger partial charge >= 0.3 is 0 Å². The molecule has 1 aliphatic rings. The Bertz CT molecular complexity index is 276. The zero-order chi connectivity index (χ0) is 13.1. The monoisotopic (exact) mass is 256 g/mol. The smallest absolute Gasteiger partial charge is 0.191 e. The summed E-state index contributed by atoms with van der Waals surface area (Å²) in [7, 11) is -1.60. The molecular formula is C14H28O2Si. The van der Waals surface area contributed by atoms with Crippen LogP contribution in [0, 0.1) is 0 Å². The Balaban J connectivity index is 2.35. The van der Waals surface area contributed by atoms with Gasteiger partial charge in [-0.05, 0) is 43.8 Å². The number of allylic oxidation sites excluding steroid dienone is 1. The second-order valence-electron chi connectivity index (χ2n) is 6.66. The van der Waals surface area contributed by atoms with Crippen molar-refractivity contribution in [3.05, 3.63) is 11.6 Å². The molecule has 1 unspecified atom stereocenters. The van der Waals surface area contributed by atoms with Crippen LogP contribution < -0.4 is 0 Å². The van der Waals surface area contributed by atoms with E-state index in [0.717, 1.165) is 32.3 Å². The Hall–Kier alpha value is -0.123. The fourth-order valence-electron chi connectivity index (χ4n) is 1.83. The molecule has 0 amide bonds. The van der Waals surface area contributed by atoms with Gasteiger partial charge in [0.25, 0.3) is 0 Å². The molecule has 0 aromatic rings. The molecule has 0 saturated heterocycles. The molecule has 3 heteroatoms. The second-order valence-corrected chi connectivity index (χ2v) is 11.5. The molecule has 0 spiro atoms. The molecule has 1 atom stereocenters. The highest BCUT2D eigenvalue weighted by atomic mass is 28.4. The average Bonchev–Trinajstić information content (AvgIpc) is 2.15. The Morgan fingerprint density at radius 3 is 2.59 bits per heavy atom. The molecule has 1 rings (SSSR count). The molecule has 0 saturated carbocycles. The first-order chi connectivity index (χ1) is 7.72. The van der Waals surface area contributed by atoms with Crippen molar-refractivity contribution < 1.29 is 9.53 Å². The van der Waals surface area contributed by atoms with Crippen LogP contribution in [0.4, 0.5) is 0 Å². The van der Waals surface area contributed by atoms with E-state index in [2.05, 4.69) is 39.9 Å². The van der Waals surface area contributed by atoms with Crippen LogP contribution in [0.3, 0.4) is 0 Å². The predicted molar refractivity (Wildman–Crippen MR) is 75.7 cm³/mol. The van der Waals surface area contributed by atoms with Gasteiger partial charge in [0.15, 0.2) is 8.32 Å². The largest absolute Gasteiger partial charge is 0.417 e. The third-order valence-corrected chi connectivity index (χ3v) is 8.66. The molecule has 2 nitrogen and oxygen atoms in total. The lowest BCUT2D eigenvalue weighted by Gasteiger charge is -2.36. The van der Waals surface area contributed by atoms with Gasteiger partial charge < -0.3 is 9.53 Å². The van der Waals surface area contributed by atoms with Gasteiger partial charge in [-0.1, -0.05) is 32.4 Å². The Morgan fingerprint density at radius 2 is 2.06 bits per heavy atom. The summed E-state index contributed by atoms with van der Waals surface area (Å²) in [6.45, 7) is 12.2. The van der Waals surface area contributed by atoms with Crippen molar-refractivity contribution >= 4 is 8.32 Å². The number of aliphatic hydroxyl groups excluding tert-OH is 1. The molecule has 0 aromatic heterocycles. The van der Waals surface area contributed by atoms with E-state index in [4.69, 9.17) is 4.43 Å². The molecule has 1 aliphatic carbocycles. The lowest BCUT2D eigenvalue weighted by molar-refractivity contribution is 0.157. The van der Waals surface area contributed by atoms with Crippen molar-refractivity contribution in [3.63, 3.8) is 0 Å². The zero-order valence-corrected chi connectivity index (χ0v) is 13.0. The summed E-state index contributed by atoms with van der Waals surface area (Å²) in [5.74, 6) is 0. The quantitative estimate of drug-likeness (QED) is 0.611. The molecule has 0 aliphatic heterocycles. The van der Waals surface area contributed by atoms with Crippen LogP contribution in [0.5, 0.6) is 0 Å². The summed E-state index contributed by atoms with van der Waals surface area (Å²) >= 11 is 0. The lowest BCUT2D eigenvalue weighted by Crippen LogP contribution is -2.41. The number of hydrogen-bond acceptors (Lipinski definition) is 2. The van der Waals surface area contributed by atoms with E-state index in [1.165, 1.54) is 5.57 Å². The van der Waals surface area contributed by atoms with Crippen molar-refractivity contribution in [1.82, 2.24) is 0 Å². The van der Waals surface area contributed by atoms with E-state index in [9.17, 15) is 5.11 Å². The van der Waals surface area contributed by atoms with Crippen molar-refractivity contribution in [2.45, 2.75) is 70.7 Å². The normalized spacial score (nSPS) is 22.5. The maximum atomic E-state index is 9.60. The molecule has 1 N–H and O–H groups in total. The van der Waals surface area contributed by atoms with Crippen LogP contribution in [-0.4, -0.2) is 26.1 Å². The van der Waals surface area contributed by atoms with Crippen molar-refractivity contribution in [1.29, 1.82) is 0 Å². The third kappa shape index (κ3) is 4.57. The Morgan fingerprint density at radius 1 is 1.41 bits per heavy atom. The van der Waals surface area contributed by atoms with Gasteiger partial charge in [-0.2, -0.15) is 0 Å². The van der Waals surface area contributed by atoms with E-state index in [-0.39, 0.29) is 11.1 Å². The molecule has 0 heterocycles. The first-order valence-electron chi connectivity index (χ1n) is 6.72. The standard InChI is InChI=1S/C14H28O2Si/c1-14(2,3)17(4,5)16-10-9-12-7-6-8-13(15)11-12/h7,13,15H,6,8-11H2,1-5H3. The minimum atomic E-state index is -1.60. The highest BCUT2D eigenvalue weighted by Gasteiger charge is 2.36. The lowest BCUT2D eigenvalue weighted by atomic mass is 9.95. The van der Waals surface area contributed by atoms with Crippen LogP contribution in [0.25, 0.3) is 0 Å². The minimum absolute atomic E-state index is 0.122. The fourth-order valence-corrected chi connectivity index (χ4v) is 2.87. The van der Waals surface area contributed by atoms with Gasteiger partial charge in [-0.15, -0.1) is 0 Å². The molecule has 0 bridgehead atoms. The Labute approximate surface area is 107 Å². The van der Waals surface area contributed by atoms with E-state index >= 15 is 0 Å². The Kier molecular flexibility index (Phi) is 4.99. The summed E-state index contributed by atoms with van der Waals surface area (Å²) in [6, 6.07) is 0. The number of hydrogen-bond donors (Lipinski definition) is 1. The molecular weight excluding hydrogens is 228 g/mol. The molecule has 100 valence electrons. The van der Waals surface area contributed by atoms with Gasteiger partial charge in [-0.3, -0.25) is 0 Å². The number of rotatable bonds is 4. The average molecular weight is 256 g/mol. The summed E-state index contributed by atoms with van der Waals surface area (Å²) < 4.78 is 6.15. The molecule has 0 fully saturated rings. The summed E-state index contributed by atoms with van der Waals surface area (Å²) in [5.41, 5.74) is 1.38. The first-order valence-corrected chi connectivity index (χ1v) is 9.63. The van der Waals surface area contributed by atoms with Crippen molar-refractivity contribution in [2.75, 3.05) is 6.61 Å². The maximum absolute atomic E-state index is 9.60. The van der Waals surface area contributed by atoms with E-state index in [0.29, 0.717) is 0 Å². The van der Waals surface area contributed by atoms with Gasteiger partial charge in [0.05, 0.1) is 6.10 Å². The van der Waals surface area contributed by atoms with Gasteiger partial charge in [0, 0.05) is 6.61 Å². The van der Waals surface area contributed by atoms with Crippen LogP contribution in [-0.2, 0) is 4.43 Å². The van der Waals surface area contributed by atoms with E-state index < -0.39 is 8.32 Å². The van der Waals surface area contributed by atoms with Crippen LogP contribution >= 0.6 is 0 Å². The second kappa shape index (κ2) is 5.68.